The summed E-state index contributed by atoms with van der Waals surface area (Å²) in [5.74, 6) is 0. The third kappa shape index (κ3) is 4.66. The number of rotatable bonds is 4. The Morgan fingerprint density at radius 1 is 0.471 bits per heavy atom. The summed E-state index contributed by atoms with van der Waals surface area (Å²) in [6.07, 6.45) is 0. The molecule has 0 fully saturated rings. The molecule has 0 saturated carbocycles. The number of hydrogen-bond donors (Lipinski definition) is 0. The zero-order valence-electron chi connectivity index (χ0n) is 27.3. The Labute approximate surface area is 294 Å². The van der Waals surface area contributed by atoms with E-state index in [4.69, 9.17) is 6.57 Å². The van der Waals surface area contributed by atoms with Crippen LogP contribution >= 0.6 is 0 Å². The average molecular weight is 647 g/mol. The van der Waals surface area contributed by atoms with Gasteiger partial charge < -0.3 is 4.57 Å². The summed E-state index contributed by atoms with van der Waals surface area (Å²) < 4.78 is 2.14. The minimum Gasteiger partial charge on any atom is -0.311 e. The van der Waals surface area contributed by atoms with Crippen LogP contribution in [0.5, 0.6) is 0 Å². The highest BCUT2D eigenvalue weighted by Crippen LogP contribution is 2.45. The summed E-state index contributed by atoms with van der Waals surface area (Å²) in [4.78, 5) is 3.97. The number of para-hydroxylation sites is 1. The van der Waals surface area contributed by atoms with Crippen molar-refractivity contribution >= 4 is 49.0 Å². The van der Waals surface area contributed by atoms with Crippen molar-refractivity contribution in [3.8, 4) is 51.2 Å². The lowest BCUT2D eigenvalue weighted by atomic mass is 9.84. The Hall–Kier alpha value is -7.45. The van der Waals surface area contributed by atoms with Crippen LogP contribution < -0.4 is 0 Å². The van der Waals surface area contributed by atoms with Crippen molar-refractivity contribution < 1.29 is 0 Å². The first-order valence-corrected chi connectivity index (χ1v) is 16.7. The fraction of sp³-hybridized carbons (Fsp3) is 0. The second-order valence-corrected chi connectivity index (χ2v) is 12.6. The maximum absolute atomic E-state index is 10.6. The van der Waals surface area contributed by atoms with Gasteiger partial charge in [-0.15, -0.1) is 0 Å². The van der Waals surface area contributed by atoms with Crippen LogP contribution in [0, 0.1) is 29.2 Å². The van der Waals surface area contributed by atoms with Gasteiger partial charge >= 0.3 is 0 Å². The molecule has 0 saturated heterocycles. The molecule has 9 rings (SSSR count). The SMILES string of the molecule is [C-]#[N+]c1cc(-n2c3ccccc3c3cc(C#N)ccc32)ccc1-c1ccc(-c2c3ccccc3c(-c3ccccc3)c3ccccc23)c(C#N)c1. The van der Waals surface area contributed by atoms with E-state index in [1.807, 2.05) is 72.8 Å². The highest BCUT2D eigenvalue weighted by molar-refractivity contribution is 6.21. The molecule has 8 aromatic carbocycles. The van der Waals surface area contributed by atoms with E-state index in [-0.39, 0.29) is 0 Å². The normalized spacial score (nSPS) is 11.1. The Balaban J connectivity index is 1.21. The fourth-order valence-corrected chi connectivity index (χ4v) is 7.67. The van der Waals surface area contributed by atoms with Gasteiger partial charge in [0.05, 0.1) is 40.9 Å². The quantitative estimate of drug-likeness (QED) is 0.141. The smallest absolute Gasteiger partial charge is 0.196 e. The molecule has 0 bridgehead atoms. The summed E-state index contributed by atoms with van der Waals surface area (Å²) >= 11 is 0. The van der Waals surface area contributed by atoms with E-state index < -0.39 is 0 Å². The summed E-state index contributed by atoms with van der Waals surface area (Å²) in [5, 5.41) is 26.6. The summed E-state index contributed by atoms with van der Waals surface area (Å²) in [6.45, 7) is 8.20. The lowest BCUT2D eigenvalue weighted by Gasteiger charge is -2.19. The van der Waals surface area contributed by atoms with Crippen LogP contribution in [0.25, 0.3) is 87.3 Å². The first-order chi connectivity index (χ1) is 25.2. The van der Waals surface area contributed by atoms with Gasteiger partial charge in [0.2, 0.25) is 0 Å². The number of fused-ring (bicyclic) bond motifs is 5. The first-order valence-electron chi connectivity index (χ1n) is 16.7. The largest absolute Gasteiger partial charge is 0.311 e. The molecule has 1 heterocycles. The van der Waals surface area contributed by atoms with Crippen molar-refractivity contribution in [2.75, 3.05) is 0 Å². The Morgan fingerprint density at radius 3 is 1.75 bits per heavy atom. The van der Waals surface area contributed by atoms with Gasteiger partial charge in [0.15, 0.2) is 5.69 Å². The maximum atomic E-state index is 10.6. The zero-order chi connectivity index (χ0) is 34.5. The van der Waals surface area contributed by atoms with Gasteiger partial charge in [-0.1, -0.05) is 115 Å². The van der Waals surface area contributed by atoms with E-state index in [1.54, 1.807) is 0 Å². The standard InChI is InChI=1S/C47H26N4/c1-50-43-27-34(51-44-18-10-9-13-37(44)42-25-30(28-48)19-24-45(42)51)21-23-35(43)32-20-22-36(33(26-32)29-49)47-40-16-7-5-14-38(40)46(31-11-3-2-4-12-31)39-15-6-8-17-41(39)47/h2-27H. The molecule has 0 N–H and O–H groups in total. The molecule has 0 aliphatic carbocycles. The van der Waals surface area contributed by atoms with Gasteiger partial charge in [-0.3, -0.25) is 0 Å². The topological polar surface area (TPSA) is 56.9 Å². The van der Waals surface area contributed by atoms with Crippen molar-refractivity contribution in [3.05, 3.63) is 180 Å². The number of hydrogen-bond acceptors (Lipinski definition) is 2. The van der Waals surface area contributed by atoms with Crippen LogP contribution in [0.2, 0.25) is 0 Å². The van der Waals surface area contributed by atoms with Gasteiger partial charge in [-0.25, -0.2) is 4.85 Å². The van der Waals surface area contributed by atoms with Crippen molar-refractivity contribution in [2.24, 2.45) is 0 Å². The van der Waals surface area contributed by atoms with E-state index in [1.165, 1.54) is 5.56 Å². The predicted octanol–water partition coefficient (Wildman–Crippen LogP) is 12.4. The Kier molecular flexibility index (Phi) is 6.93. The zero-order valence-corrected chi connectivity index (χ0v) is 27.3. The molecule has 51 heavy (non-hydrogen) atoms. The number of nitriles is 2. The molecule has 0 aliphatic rings. The van der Waals surface area contributed by atoms with Crippen molar-refractivity contribution in [2.45, 2.75) is 0 Å². The van der Waals surface area contributed by atoms with Crippen LogP contribution in [-0.4, -0.2) is 4.57 Å². The van der Waals surface area contributed by atoms with Gasteiger partial charge in [-0.05, 0) is 91.8 Å². The third-order valence-corrected chi connectivity index (χ3v) is 9.88. The predicted molar refractivity (Wildman–Crippen MR) is 208 cm³/mol. The maximum Gasteiger partial charge on any atom is 0.196 e. The van der Waals surface area contributed by atoms with Crippen LogP contribution in [0.3, 0.4) is 0 Å². The van der Waals surface area contributed by atoms with Crippen molar-refractivity contribution in [1.82, 2.24) is 4.57 Å². The van der Waals surface area contributed by atoms with Crippen molar-refractivity contribution in [3.63, 3.8) is 0 Å². The minimum absolute atomic E-state index is 0.492. The van der Waals surface area contributed by atoms with Crippen LogP contribution in [0.15, 0.2) is 158 Å². The molecular weight excluding hydrogens is 621 g/mol. The molecule has 1 aromatic heterocycles. The molecule has 4 nitrogen and oxygen atoms in total. The van der Waals surface area contributed by atoms with E-state index in [9.17, 15) is 10.5 Å². The van der Waals surface area contributed by atoms with Gasteiger partial charge in [-0.2, -0.15) is 10.5 Å². The third-order valence-electron chi connectivity index (χ3n) is 9.88. The highest BCUT2D eigenvalue weighted by Gasteiger charge is 2.20. The van der Waals surface area contributed by atoms with Crippen LogP contribution in [-0.2, 0) is 0 Å². The molecule has 0 unspecified atom stereocenters. The molecule has 0 amide bonds. The molecule has 0 spiro atoms. The van der Waals surface area contributed by atoms with Crippen LogP contribution in [0.4, 0.5) is 5.69 Å². The van der Waals surface area contributed by atoms with E-state index in [0.717, 1.165) is 76.9 Å². The lowest BCUT2D eigenvalue weighted by molar-refractivity contribution is 1.18. The van der Waals surface area contributed by atoms with Gasteiger partial charge in [0.1, 0.15) is 0 Å². The molecule has 0 aliphatic heterocycles. The average Bonchev–Trinajstić information content (AvgIpc) is 3.53. The minimum atomic E-state index is 0.492. The molecule has 0 atom stereocenters. The fourth-order valence-electron chi connectivity index (χ4n) is 7.67. The number of nitrogens with zero attached hydrogens (tertiary/aromatic N) is 4. The van der Waals surface area contributed by atoms with Crippen molar-refractivity contribution in [1.29, 1.82) is 10.5 Å². The summed E-state index contributed by atoms with van der Waals surface area (Å²) in [6, 6.07) is 57.8. The van der Waals surface area contributed by atoms with E-state index in [2.05, 4.69) is 106 Å². The second kappa shape index (κ2) is 11.9. The summed E-state index contributed by atoms with van der Waals surface area (Å²) in [7, 11) is 0. The van der Waals surface area contributed by atoms with E-state index in [0.29, 0.717) is 16.8 Å². The lowest BCUT2D eigenvalue weighted by Crippen LogP contribution is -1.95. The van der Waals surface area contributed by atoms with Gasteiger partial charge in [0, 0.05) is 22.0 Å². The molecule has 234 valence electrons. The molecule has 9 aromatic rings. The van der Waals surface area contributed by atoms with Gasteiger partial charge in [0.25, 0.3) is 0 Å². The van der Waals surface area contributed by atoms with E-state index >= 15 is 0 Å². The monoisotopic (exact) mass is 646 g/mol. The Bertz CT molecular complexity index is 2940. The number of benzene rings is 8. The molecule has 0 radical (unpaired) electrons. The summed E-state index contributed by atoms with van der Waals surface area (Å²) in [5.41, 5.74) is 10.2. The number of aromatic nitrogens is 1. The van der Waals surface area contributed by atoms with Crippen LogP contribution in [0.1, 0.15) is 11.1 Å². The Morgan fingerprint density at radius 2 is 1.08 bits per heavy atom. The molecular formula is C47H26N4. The highest BCUT2D eigenvalue weighted by atomic mass is 15.0. The second-order valence-electron chi connectivity index (χ2n) is 12.6. The first kappa shape index (κ1) is 29.7. The molecule has 4 heteroatoms.